The summed E-state index contributed by atoms with van der Waals surface area (Å²) >= 11 is 0. The summed E-state index contributed by atoms with van der Waals surface area (Å²) in [6.07, 6.45) is 0.411. The Kier molecular flexibility index (Phi) is 5.89. The van der Waals surface area contributed by atoms with Gasteiger partial charge in [0.25, 0.3) is 5.91 Å². The highest BCUT2D eigenvalue weighted by atomic mass is 19.1. The van der Waals surface area contributed by atoms with Crippen molar-refractivity contribution < 1.29 is 14.0 Å². The summed E-state index contributed by atoms with van der Waals surface area (Å²) in [5, 5.41) is 2.95. The van der Waals surface area contributed by atoms with E-state index in [1.165, 1.54) is 12.1 Å². The molecule has 0 radical (unpaired) electrons. The monoisotopic (exact) mass is 402 g/mol. The minimum atomic E-state index is -0.288. The van der Waals surface area contributed by atoms with Crippen LogP contribution in [0.4, 0.5) is 4.39 Å². The van der Waals surface area contributed by atoms with Crippen LogP contribution in [0, 0.1) is 11.7 Å². The van der Waals surface area contributed by atoms with Crippen molar-refractivity contribution in [3.63, 3.8) is 0 Å². The molecular formula is C25H23FN2O2. The first-order valence-corrected chi connectivity index (χ1v) is 10.0. The molecule has 1 aliphatic rings. The number of nitrogens with zero attached hydrogens (tertiary/aromatic N) is 1. The van der Waals surface area contributed by atoms with Crippen LogP contribution < -0.4 is 5.32 Å². The lowest BCUT2D eigenvalue weighted by Gasteiger charge is -2.17. The van der Waals surface area contributed by atoms with E-state index in [4.69, 9.17) is 0 Å². The molecule has 5 heteroatoms. The van der Waals surface area contributed by atoms with Crippen LogP contribution >= 0.6 is 0 Å². The maximum Gasteiger partial charge on any atom is 0.251 e. The van der Waals surface area contributed by atoms with Crippen molar-refractivity contribution in [1.29, 1.82) is 0 Å². The fourth-order valence-corrected chi connectivity index (χ4v) is 3.74. The first-order chi connectivity index (χ1) is 14.6. The van der Waals surface area contributed by atoms with Crippen LogP contribution in [0.2, 0.25) is 0 Å². The summed E-state index contributed by atoms with van der Waals surface area (Å²) in [4.78, 5) is 26.5. The number of halogens is 1. The first-order valence-electron chi connectivity index (χ1n) is 10.0. The van der Waals surface area contributed by atoms with Crippen molar-refractivity contribution in [2.24, 2.45) is 5.92 Å². The molecule has 152 valence electrons. The second-order valence-electron chi connectivity index (χ2n) is 7.62. The van der Waals surface area contributed by atoms with Crippen molar-refractivity contribution in [3.8, 4) is 11.1 Å². The highest BCUT2D eigenvalue weighted by Crippen LogP contribution is 2.21. The van der Waals surface area contributed by atoms with Gasteiger partial charge in [0, 0.05) is 37.5 Å². The van der Waals surface area contributed by atoms with E-state index in [1.54, 1.807) is 17.0 Å². The predicted octanol–water partition coefficient (Wildman–Crippen LogP) is 4.27. The summed E-state index contributed by atoms with van der Waals surface area (Å²) < 4.78 is 13.0. The molecule has 3 aromatic rings. The third-order valence-corrected chi connectivity index (χ3v) is 5.39. The van der Waals surface area contributed by atoms with Gasteiger partial charge in [0.15, 0.2) is 0 Å². The van der Waals surface area contributed by atoms with Gasteiger partial charge in [0.05, 0.1) is 0 Å². The second kappa shape index (κ2) is 8.91. The molecule has 1 saturated heterocycles. The average molecular weight is 402 g/mol. The van der Waals surface area contributed by atoms with Gasteiger partial charge in [-0.1, -0.05) is 54.6 Å². The molecule has 1 aliphatic heterocycles. The standard InChI is InChI=1S/C25H23FN2O2/c26-23-12-6-18(7-13-23)16-28-17-19(14-24(28)29)15-27-25(30)22-10-8-21(9-11-22)20-4-2-1-3-5-20/h1-13,19H,14-17H2,(H,27,30). The molecule has 3 aromatic carbocycles. The summed E-state index contributed by atoms with van der Waals surface area (Å²) in [7, 11) is 0. The zero-order chi connectivity index (χ0) is 20.9. The lowest BCUT2D eigenvalue weighted by molar-refractivity contribution is -0.128. The van der Waals surface area contributed by atoms with Crippen LogP contribution in [-0.2, 0) is 11.3 Å². The van der Waals surface area contributed by atoms with E-state index in [1.807, 2.05) is 54.6 Å². The van der Waals surface area contributed by atoms with Gasteiger partial charge in [0.2, 0.25) is 5.91 Å². The minimum Gasteiger partial charge on any atom is -0.352 e. The van der Waals surface area contributed by atoms with E-state index in [0.717, 1.165) is 16.7 Å². The number of likely N-dealkylation sites (tertiary alicyclic amines) is 1. The fraction of sp³-hybridized carbons (Fsp3) is 0.200. The van der Waals surface area contributed by atoms with E-state index < -0.39 is 0 Å². The first kappa shape index (κ1) is 19.8. The molecule has 0 aromatic heterocycles. The molecule has 1 N–H and O–H groups in total. The van der Waals surface area contributed by atoms with Gasteiger partial charge in [-0.2, -0.15) is 0 Å². The van der Waals surface area contributed by atoms with E-state index in [-0.39, 0.29) is 23.5 Å². The summed E-state index contributed by atoms with van der Waals surface area (Å²) in [6, 6.07) is 23.7. The van der Waals surface area contributed by atoms with Crippen LogP contribution in [0.5, 0.6) is 0 Å². The van der Waals surface area contributed by atoms with E-state index in [0.29, 0.717) is 31.6 Å². The topological polar surface area (TPSA) is 49.4 Å². The third-order valence-electron chi connectivity index (χ3n) is 5.39. The van der Waals surface area contributed by atoms with Crippen molar-refractivity contribution in [3.05, 3.63) is 95.8 Å². The molecule has 4 rings (SSSR count). The van der Waals surface area contributed by atoms with Gasteiger partial charge in [-0.3, -0.25) is 9.59 Å². The smallest absolute Gasteiger partial charge is 0.251 e. The molecule has 0 saturated carbocycles. The number of nitrogens with one attached hydrogen (secondary N) is 1. The average Bonchev–Trinajstić information content (AvgIpc) is 3.13. The van der Waals surface area contributed by atoms with E-state index >= 15 is 0 Å². The SMILES string of the molecule is O=C(NCC1CC(=O)N(Cc2ccc(F)cc2)C1)c1ccc(-c2ccccc2)cc1. The second-order valence-corrected chi connectivity index (χ2v) is 7.62. The van der Waals surface area contributed by atoms with E-state index in [9.17, 15) is 14.0 Å². The molecule has 30 heavy (non-hydrogen) atoms. The fourth-order valence-electron chi connectivity index (χ4n) is 3.74. The molecule has 4 nitrogen and oxygen atoms in total. The van der Waals surface area contributed by atoms with Crippen molar-refractivity contribution >= 4 is 11.8 Å². The molecule has 0 aliphatic carbocycles. The molecule has 2 amide bonds. The van der Waals surface area contributed by atoms with Gasteiger partial charge in [0.1, 0.15) is 5.82 Å². The van der Waals surface area contributed by atoms with Crippen LogP contribution in [0.15, 0.2) is 78.9 Å². The predicted molar refractivity (Wildman–Crippen MR) is 114 cm³/mol. The van der Waals surface area contributed by atoms with Gasteiger partial charge in [-0.15, -0.1) is 0 Å². The Morgan fingerprint density at radius 3 is 2.30 bits per heavy atom. The van der Waals surface area contributed by atoms with Gasteiger partial charge < -0.3 is 10.2 Å². The summed E-state index contributed by atoms with van der Waals surface area (Å²) in [5.41, 5.74) is 3.66. The number of amides is 2. The van der Waals surface area contributed by atoms with Crippen molar-refractivity contribution in [1.82, 2.24) is 10.2 Å². The molecule has 0 spiro atoms. The Labute approximate surface area is 175 Å². The zero-order valence-electron chi connectivity index (χ0n) is 16.6. The van der Waals surface area contributed by atoms with Crippen LogP contribution in [0.3, 0.4) is 0 Å². The Balaban J connectivity index is 1.29. The summed E-state index contributed by atoms with van der Waals surface area (Å²) in [5.74, 6) is -0.292. The number of carbonyl (C=O) groups is 2. The summed E-state index contributed by atoms with van der Waals surface area (Å²) in [6.45, 7) is 1.50. The molecule has 1 unspecified atom stereocenters. The number of rotatable bonds is 6. The lowest BCUT2D eigenvalue weighted by atomic mass is 10.0. The number of benzene rings is 3. The minimum absolute atomic E-state index is 0.0609. The Morgan fingerprint density at radius 2 is 1.60 bits per heavy atom. The van der Waals surface area contributed by atoms with Crippen LogP contribution in [0.25, 0.3) is 11.1 Å². The molecule has 1 heterocycles. The van der Waals surface area contributed by atoms with Crippen LogP contribution in [0.1, 0.15) is 22.3 Å². The van der Waals surface area contributed by atoms with Gasteiger partial charge >= 0.3 is 0 Å². The number of hydrogen-bond donors (Lipinski definition) is 1. The Morgan fingerprint density at radius 1 is 0.933 bits per heavy atom. The molecule has 1 fully saturated rings. The van der Waals surface area contributed by atoms with Crippen molar-refractivity contribution in [2.75, 3.05) is 13.1 Å². The molecule has 1 atom stereocenters. The highest BCUT2D eigenvalue weighted by molar-refractivity contribution is 5.94. The molecule has 0 bridgehead atoms. The Bertz CT molecular complexity index is 1020. The maximum atomic E-state index is 13.0. The van der Waals surface area contributed by atoms with Crippen molar-refractivity contribution in [2.45, 2.75) is 13.0 Å². The normalized spacial score (nSPS) is 16.0. The Hall–Kier alpha value is -3.47. The maximum absolute atomic E-state index is 13.0. The number of hydrogen-bond acceptors (Lipinski definition) is 2. The quantitative estimate of drug-likeness (QED) is 0.669. The number of carbonyl (C=O) groups excluding carboxylic acids is 2. The van der Waals surface area contributed by atoms with Gasteiger partial charge in [-0.25, -0.2) is 4.39 Å². The van der Waals surface area contributed by atoms with E-state index in [2.05, 4.69) is 5.32 Å². The zero-order valence-corrected chi connectivity index (χ0v) is 16.6. The van der Waals surface area contributed by atoms with Gasteiger partial charge in [-0.05, 0) is 41.0 Å². The largest absolute Gasteiger partial charge is 0.352 e. The molecular weight excluding hydrogens is 379 g/mol. The third kappa shape index (κ3) is 4.74. The lowest BCUT2D eigenvalue weighted by Crippen LogP contribution is -2.31. The van der Waals surface area contributed by atoms with Crippen LogP contribution in [-0.4, -0.2) is 29.8 Å². The highest BCUT2D eigenvalue weighted by Gasteiger charge is 2.29.